The van der Waals surface area contributed by atoms with Crippen LogP contribution in [0.15, 0.2) is 127 Å². The fourth-order valence-corrected chi connectivity index (χ4v) is 7.95. The van der Waals surface area contributed by atoms with Crippen molar-refractivity contribution in [3.8, 4) is 22.3 Å². The summed E-state index contributed by atoms with van der Waals surface area (Å²) in [6.45, 7) is 9.03. The van der Waals surface area contributed by atoms with Crippen LogP contribution < -0.4 is 0 Å². The number of hydrogen-bond acceptors (Lipinski definition) is 0. The fraction of sp³-hybridized carbons (Fsp3) is 0.111. The second kappa shape index (κ2) is 9.65. The summed E-state index contributed by atoms with van der Waals surface area (Å²) in [5.74, 6) is 0.469. The molecule has 0 spiro atoms. The summed E-state index contributed by atoms with van der Waals surface area (Å²) >= 11 is 0. The van der Waals surface area contributed by atoms with Gasteiger partial charge in [-0.3, -0.25) is 0 Å². The van der Waals surface area contributed by atoms with Gasteiger partial charge in [0.05, 0.1) is 0 Å². The smallest absolute Gasteiger partial charge is 0.00201 e. The van der Waals surface area contributed by atoms with Crippen molar-refractivity contribution in [3.05, 3.63) is 144 Å². The van der Waals surface area contributed by atoms with Gasteiger partial charge in [0.2, 0.25) is 0 Å². The fourth-order valence-electron chi connectivity index (χ4n) is 7.95. The predicted octanol–water partition coefficient (Wildman–Crippen LogP) is 13.1. The standard InChI is InChI=1S/C45H34/c1-26(2)34-19-13-30-15-21-36-37(22-16-31-14-20-35(34)43(30)44(31)36)45-38-17-9-27(3)23-40(38)42(41-24-28(4)10-18-39(41)45)33-12-11-29-7-5-6-8-32(29)25-33/h5-26H,1-4H3. The molecule has 0 N–H and O–H groups in total. The summed E-state index contributed by atoms with van der Waals surface area (Å²) in [4.78, 5) is 0. The van der Waals surface area contributed by atoms with E-state index in [9.17, 15) is 0 Å². The predicted molar refractivity (Wildman–Crippen MR) is 197 cm³/mol. The molecule has 214 valence electrons. The lowest BCUT2D eigenvalue weighted by molar-refractivity contribution is 0.877. The maximum absolute atomic E-state index is 2.40. The van der Waals surface area contributed by atoms with Gasteiger partial charge in [-0.05, 0) is 118 Å². The Kier molecular flexibility index (Phi) is 5.62. The van der Waals surface area contributed by atoms with Crippen LogP contribution in [0.2, 0.25) is 0 Å². The third-order valence-corrected chi connectivity index (χ3v) is 10.1. The van der Waals surface area contributed by atoms with E-state index in [0.29, 0.717) is 5.92 Å². The minimum atomic E-state index is 0.469. The van der Waals surface area contributed by atoms with Gasteiger partial charge in [-0.1, -0.05) is 146 Å². The molecule has 0 unspecified atom stereocenters. The van der Waals surface area contributed by atoms with Gasteiger partial charge in [-0.2, -0.15) is 0 Å². The molecule has 0 nitrogen and oxygen atoms in total. The van der Waals surface area contributed by atoms with Gasteiger partial charge >= 0.3 is 0 Å². The number of aryl methyl sites for hydroxylation is 2. The topological polar surface area (TPSA) is 0 Å². The zero-order chi connectivity index (χ0) is 30.4. The van der Waals surface area contributed by atoms with Crippen molar-refractivity contribution in [1.29, 1.82) is 0 Å². The van der Waals surface area contributed by atoms with Crippen molar-refractivity contribution in [2.45, 2.75) is 33.6 Å². The summed E-state index contributed by atoms with van der Waals surface area (Å²) < 4.78 is 0. The van der Waals surface area contributed by atoms with Crippen LogP contribution in [0.1, 0.15) is 36.5 Å². The molecule has 0 aliphatic heterocycles. The molecule has 0 amide bonds. The van der Waals surface area contributed by atoms with Crippen LogP contribution in [0.5, 0.6) is 0 Å². The van der Waals surface area contributed by atoms with Gasteiger partial charge in [-0.15, -0.1) is 0 Å². The van der Waals surface area contributed by atoms with Crippen molar-refractivity contribution in [3.63, 3.8) is 0 Å². The highest BCUT2D eigenvalue weighted by atomic mass is 14.2. The second-order valence-corrected chi connectivity index (χ2v) is 13.3. The molecule has 9 aromatic carbocycles. The lowest BCUT2D eigenvalue weighted by atomic mass is 9.82. The van der Waals surface area contributed by atoms with E-state index in [1.165, 1.54) is 104 Å². The lowest BCUT2D eigenvalue weighted by Crippen LogP contribution is -1.95. The van der Waals surface area contributed by atoms with E-state index < -0.39 is 0 Å². The van der Waals surface area contributed by atoms with Crippen LogP contribution in [-0.4, -0.2) is 0 Å². The Balaban J connectivity index is 1.45. The Morgan fingerprint density at radius 1 is 0.400 bits per heavy atom. The van der Waals surface area contributed by atoms with Gasteiger partial charge in [0.15, 0.2) is 0 Å². The molecule has 0 aliphatic carbocycles. The zero-order valence-electron chi connectivity index (χ0n) is 26.2. The van der Waals surface area contributed by atoms with Crippen molar-refractivity contribution in [2.24, 2.45) is 0 Å². The Bertz CT molecular complexity index is 2570. The van der Waals surface area contributed by atoms with E-state index in [4.69, 9.17) is 0 Å². The van der Waals surface area contributed by atoms with E-state index in [1.807, 2.05) is 0 Å². The molecular weight excluding hydrogens is 540 g/mol. The molecule has 0 heterocycles. The molecule has 0 aromatic heterocycles. The monoisotopic (exact) mass is 574 g/mol. The first-order chi connectivity index (χ1) is 22.0. The average molecular weight is 575 g/mol. The molecule has 0 fully saturated rings. The van der Waals surface area contributed by atoms with Crippen molar-refractivity contribution < 1.29 is 0 Å². The Labute approximate surface area is 263 Å². The molecule has 0 saturated heterocycles. The third kappa shape index (κ3) is 3.85. The first-order valence-electron chi connectivity index (χ1n) is 16.1. The first kappa shape index (κ1) is 26.2. The first-order valence-corrected chi connectivity index (χ1v) is 16.1. The number of hydrogen-bond donors (Lipinski definition) is 0. The van der Waals surface area contributed by atoms with Gasteiger partial charge in [0.1, 0.15) is 0 Å². The Morgan fingerprint density at radius 2 is 0.956 bits per heavy atom. The molecule has 0 radical (unpaired) electrons. The quantitative estimate of drug-likeness (QED) is 0.145. The van der Waals surface area contributed by atoms with Gasteiger partial charge in [-0.25, -0.2) is 0 Å². The highest BCUT2D eigenvalue weighted by Gasteiger charge is 2.21. The summed E-state index contributed by atoms with van der Waals surface area (Å²) in [5.41, 5.74) is 9.19. The molecular formula is C45H34. The second-order valence-electron chi connectivity index (χ2n) is 13.3. The van der Waals surface area contributed by atoms with Gasteiger partial charge in [0.25, 0.3) is 0 Å². The average Bonchev–Trinajstić information content (AvgIpc) is 3.05. The van der Waals surface area contributed by atoms with E-state index in [-0.39, 0.29) is 0 Å². The minimum absolute atomic E-state index is 0.469. The summed E-state index contributed by atoms with van der Waals surface area (Å²) in [7, 11) is 0. The zero-order valence-corrected chi connectivity index (χ0v) is 26.2. The highest BCUT2D eigenvalue weighted by molar-refractivity contribution is 6.29. The Hall–Kier alpha value is -5.20. The van der Waals surface area contributed by atoms with Crippen LogP contribution >= 0.6 is 0 Å². The maximum Gasteiger partial charge on any atom is -0.00201 e. The normalized spacial score (nSPS) is 12.2. The van der Waals surface area contributed by atoms with Crippen molar-refractivity contribution >= 4 is 64.6 Å². The molecule has 0 heteroatoms. The van der Waals surface area contributed by atoms with Crippen LogP contribution in [0, 0.1) is 13.8 Å². The van der Waals surface area contributed by atoms with E-state index in [1.54, 1.807) is 0 Å². The minimum Gasteiger partial charge on any atom is -0.0616 e. The maximum atomic E-state index is 2.40. The van der Waals surface area contributed by atoms with Crippen LogP contribution in [0.3, 0.4) is 0 Å². The van der Waals surface area contributed by atoms with Crippen molar-refractivity contribution in [2.75, 3.05) is 0 Å². The molecule has 0 aliphatic rings. The lowest BCUT2D eigenvalue weighted by Gasteiger charge is -2.21. The number of benzene rings is 9. The summed E-state index contributed by atoms with van der Waals surface area (Å²) in [6, 6.07) is 48.4. The molecule has 0 atom stereocenters. The number of rotatable bonds is 3. The molecule has 9 rings (SSSR count). The molecule has 9 aromatic rings. The van der Waals surface area contributed by atoms with Crippen LogP contribution in [0.4, 0.5) is 0 Å². The highest BCUT2D eigenvalue weighted by Crippen LogP contribution is 2.48. The van der Waals surface area contributed by atoms with Crippen molar-refractivity contribution in [1.82, 2.24) is 0 Å². The van der Waals surface area contributed by atoms with E-state index >= 15 is 0 Å². The summed E-state index contributed by atoms with van der Waals surface area (Å²) in [6.07, 6.45) is 0. The van der Waals surface area contributed by atoms with Gasteiger partial charge in [0, 0.05) is 0 Å². The molecule has 45 heavy (non-hydrogen) atoms. The third-order valence-electron chi connectivity index (χ3n) is 10.1. The SMILES string of the molecule is Cc1ccc2c(-c3ccc4ccc5c(C(C)C)ccc6ccc3c4c65)c3ccc(C)cc3c(-c3ccc4ccccc4c3)c2c1. The van der Waals surface area contributed by atoms with Crippen LogP contribution in [-0.2, 0) is 0 Å². The summed E-state index contributed by atoms with van der Waals surface area (Å²) in [5, 5.41) is 15.9. The Morgan fingerprint density at radius 3 is 1.64 bits per heavy atom. The van der Waals surface area contributed by atoms with E-state index in [0.717, 1.165) is 0 Å². The van der Waals surface area contributed by atoms with Crippen LogP contribution in [0.25, 0.3) is 86.9 Å². The number of fused-ring (bicyclic) bond motifs is 3. The van der Waals surface area contributed by atoms with Gasteiger partial charge < -0.3 is 0 Å². The largest absolute Gasteiger partial charge is 0.0616 e. The molecule has 0 bridgehead atoms. The molecule has 0 saturated carbocycles. The van der Waals surface area contributed by atoms with E-state index in [2.05, 4.69) is 155 Å².